The van der Waals surface area contributed by atoms with Gasteiger partial charge in [0.1, 0.15) is 12.4 Å². The fourth-order valence-corrected chi connectivity index (χ4v) is 0.687. The zero-order chi connectivity index (χ0) is 8.97. The molecule has 0 saturated carbocycles. The topological polar surface area (TPSA) is 9.23 Å². The Morgan fingerprint density at radius 3 is 3.00 bits per heavy atom. The molecule has 0 saturated heterocycles. The Morgan fingerprint density at radius 2 is 2.33 bits per heavy atom. The maximum atomic E-state index is 12.7. The Hall–Kier alpha value is -1.38. The van der Waals surface area contributed by atoms with E-state index in [0.717, 1.165) is 12.1 Å². The smallest absolute Gasteiger partial charge is 0.173 e. The van der Waals surface area contributed by atoms with Crippen molar-refractivity contribution < 1.29 is 13.5 Å². The Kier molecular flexibility index (Phi) is 2.80. The zero-order valence-electron chi connectivity index (χ0n) is 6.31. The van der Waals surface area contributed by atoms with Gasteiger partial charge in [0.25, 0.3) is 0 Å². The molecule has 0 atom stereocenters. The van der Waals surface area contributed by atoms with Gasteiger partial charge in [0, 0.05) is 12.1 Å². The summed E-state index contributed by atoms with van der Waals surface area (Å²) >= 11 is 0. The van der Waals surface area contributed by atoms with Gasteiger partial charge in [0.05, 0.1) is 0 Å². The quantitative estimate of drug-likeness (QED) is 0.631. The van der Waals surface area contributed by atoms with Gasteiger partial charge in [-0.2, -0.15) is 0 Å². The van der Waals surface area contributed by atoms with Gasteiger partial charge < -0.3 is 4.74 Å². The SMILES string of the molecule is C=CCOc1cc(F)c[c]c1F. The molecular formula is C9H7F2O. The Morgan fingerprint density at radius 1 is 1.58 bits per heavy atom. The van der Waals surface area contributed by atoms with Gasteiger partial charge in [0.2, 0.25) is 0 Å². The summed E-state index contributed by atoms with van der Waals surface area (Å²) in [6, 6.07) is 3.96. The van der Waals surface area contributed by atoms with Crippen LogP contribution in [0.1, 0.15) is 0 Å². The van der Waals surface area contributed by atoms with Crippen LogP contribution in [0, 0.1) is 17.7 Å². The molecule has 0 aliphatic rings. The van der Waals surface area contributed by atoms with Gasteiger partial charge in [-0.05, 0) is 6.07 Å². The molecule has 1 nitrogen and oxygen atoms in total. The van der Waals surface area contributed by atoms with E-state index in [1.165, 1.54) is 6.08 Å². The molecule has 0 aliphatic carbocycles. The molecule has 0 unspecified atom stereocenters. The average Bonchev–Trinajstić information content (AvgIpc) is 2.07. The minimum Gasteiger partial charge on any atom is -0.486 e. The molecule has 0 amide bonds. The average molecular weight is 169 g/mol. The molecule has 1 radical (unpaired) electrons. The van der Waals surface area contributed by atoms with Crippen molar-refractivity contribution in [3.63, 3.8) is 0 Å². The second-order valence-electron chi connectivity index (χ2n) is 2.10. The van der Waals surface area contributed by atoms with Crippen LogP contribution < -0.4 is 4.74 Å². The first kappa shape index (κ1) is 8.71. The van der Waals surface area contributed by atoms with Crippen molar-refractivity contribution in [1.82, 2.24) is 0 Å². The van der Waals surface area contributed by atoms with Crippen molar-refractivity contribution in [3.8, 4) is 5.75 Å². The molecule has 0 fully saturated rings. The van der Waals surface area contributed by atoms with E-state index < -0.39 is 11.6 Å². The van der Waals surface area contributed by atoms with Crippen molar-refractivity contribution in [1.29, 1.82) is 0 Å². The largest absolute Gasteiger partial charge is 0.486 e. The van der Waals surface area contributed by atoms with Crippen molar-refractivity contribution in [2.24, 2.45) is 0 Å². The van der Waals surface area contributed by atoms with E-state index in [1.807, 2.05) is 0 Å². The van der Waals surface area contributed by atoms with E-state index in [9.17, 15) is 8.78 Å². The van der Waals surface area contributed by atoms with E-state index in [-0.39, 0.29) is 12.4 Å². The molecule has 63 valence electrons. The normalized spacial score (nSPS) is 9.50. The molecule has 0 bridgehead atoms. The maximum absolute atomic E-state index is 12.7. The highest BCUT2D eigenvalue weighted by atomic mass is 19.1. The third-order valence-corrected chi connectivity index (χ3v) is 1.18. The fraction of sp³-hybridized carbons (Fsp3) is 0.111. The predicted molar refractivity (Wildman–Crippen MR) is 40.9 cm³/mol. The molecule has 0 aromatic heterocycles. The molecular weight excluding hydrogens is 162 g/mol. The number of hydrogen-bond acceptors (Lipinski definition) is 1. The van der Waals surface area contributed by atoms with Gasteiger partial charge in [-0.3, -0.25) is 0 Å². The number of rotatable bonds is 3. The van der Waals surface area contributed by atoms with Crippen molar-refractivity contribution in [3.05, 3.63) is 42.5 Å². The first-order chi connectivity index (χ1) is 5.74. The number of halogens is 2. The monoisotopic (exact) mass is 169 g/mol. The summed E-state index contributed by atoms with van der Waals surface area (Å²) in [7, 11) is 0. The third-order valence-electron chi connectivity index (χ3n) is 1.18. The lowest BCUT2D eigenvalue weighted by Crippen LogP contribution is -1.96. The van der Waals surface area contributed by atoms with Crippen LogP contribution in [0.25, 0.3) is 0 Å². The van der Waals surface area contributed by atoms with Crippen LogP contribution in [0.4, 0.5) is 8.78 Å². The standard InChI is InChI=1S/C9H7F2O/c1-2-5-12-9-6-7(10)3-4-8(9)11/h2-3,6H,1,5H2. The summed E-state index contributed by atoms with van der Waals surface area (Å²) in [6.07, 6.45) is 1.45. The van der Waals surface area contributed by atoms with Crippen LogP contribution in [0.2, 0.25) is 0 Å². The second kappa shape index (κ2) is 3.85. The lowest BCUT2D eigenvalue weighted by atomic mass is 10.3. The first-order valence-electron chi connectivity index (χ1n) is 3.34. The summed E-state index contributed by atoms with van der Waals surface area (Å²) < 4.78 is 30.0. The fourth-order valence-electron chi connectivity index (χ4n) is 0.687. The van der Waals surface area contributed by atoms with Crippen LogP contribution in [-0.2, 0) is 0 Å². The highest BCUT2D eigenvalue weighted by Gasteiger charge is 2.03. The molecule has 0 heterocycles. The van der Waals surface area contributed by atoms with E-state index in [2.05, 4.69) is 12.6 Å². The molecule has 1 aromatic rings. The summed E-state index contributed by atoms with van der Waals surface area (Å²) in [6.45, 7) is 3.52. The molecule has 0 spiro atoms. The molecule has 1 rings (SSSR count). The van der Waals surface area contributed by atoms with Crippen molar-refractivity contribution in [2.75, 3.05) is 6.61 Å². The van der Waals surface area contributed by atoms with E-state index in [0.29, 0.717) is 0 Å². The van der Waals surface area contributed by atoms with Crippen LogP contribution in [-0.4, -0.2) is 6.61 Å². The van der Waals surface area contributed by atoms with Gasteiger partial charge >= 0.3 is 0 Å². The molecule has 0 N–H and O–H groups in total. The Bertz CT molecular complexity index is 284. The van der Waals surface area contributed by atoms with Gasteiger partial charge in [-0.15, -0.1) is 0 Å². The maximum Gasteiger partial charge on any atom is 0.173 e. The van der Waals surface area contributed by atoms with Crippen LogP contribution in [0.3, 0.4) is 0 Å². The first-order valence-corrected chi connectivity index (χ1v) is 3.34. The van der Waals surface area contributed by atoms with Crippen molar-refractivity contribution >= 4 is 0 Å². The summed E-state index contributed by atoms with van der Waals surface area (Å²) in [4.78, 5) is 0. The summed E-state index contributed by atoms with van der Waals surface area (Å²) in [5.74, 6) is -1.41. The second-order valence-corrected chi connectivity index (χ2v) is 2.10. The van der Waals surface area contributed by atoms with Gasteiger partial charge in [0.15, 0.2) is 11.6 Å². The molecule has 1 aromatic carbocycles. The van der Waals surface area contributed by atoms with Crippen LogP contribution in [0.5, 0.6) is 5.75 Å². The third kappa shape index (κ3) is 2.05. The van der Waals surface area contributed by atoms with Crippen LogP contribution in [0.15, 0.2) is 24.8 Å². The van der Waals surface area contributed by atoms with E-state index in [4.69, 9.17) is 4.74 Å². The van der Waals surface area contributed by atoms with E-state index >= 15 is 0 Å². The summed E-state index contributed by atoms with van der Waals surface area (Å²) in [5.41, 5.74) is 0. The number of benzene rings is 1. The zero-order valence-corrected chi connectivity index (χ0v) is 6.31. The lowest BCUT2D eigenvalue weighted by Gasteiger charge is -2.02. The highest BCUT2D eigenvalue weighted by Crippen LogP contribution is 2.16. The van der Waals surface area contributed by atoms with E-state index in [1.54, 1.807) is 0 Å². The van der Waals surface area contributed by atoms with Gasteiger partial charge in [-0.25, -0.2) is 8.78 Å². The highest BCUT2D eigenvalue weighted by molar-refractivity contribution is 5.24. The van der Waals surface area contributed by atoms with Gasteiger partial charge in [-0.1, -0.05) is 12.7 Å². The number of hydrogen-bond donors (Lipinski definition) is 0. The molecule has 0 aliphatic heterocycles. The minimum atomic E-state index is -0.696. The lowest BCUT2D eigenvalue weighted by molar-refractivity contribution is 0.339. The number of ether oxygens (including phenoxy) is 1. The minimum absolute atomic E-state index is 0.144. The Labute approximate surface area is 69.3 Å². The molecule has 3 heteroatoms. The van der Waals surface area contributed by atoms with Crippen molar-refractivity contribution in [2.45, 2.75) is 0 Å². The molecule has 12 heavy (non-hydrogen) atoms. The predicted octanol–water partition coefficient (Wildman–Crippen LogP) is 2.33. The summed E-state index contributed by atoms with van der Waals surface area (Å²) in [5, 5.41) is 0. The van der Waals surface area contributed by atoms with Crippen LogP contribution >= 0.6 is 0 Å². The Balaban J connectivity index is 2.82.